The van der Waals surface area contributed by atoms with Crippen molar-refractivity contribution >= 4 is 5.69 Å². The van der Waals surface area contributed by atoms with Gasteiger partial charge in [0.25, 0.3) is 0 Å². The summed E-state index contributed by atoms with van der Waals surface area (Å²) >= 11 is 0. The molecule has 0 amide bonds. The largest absolute Gasteiger partial charge is 0.330 e. The van der Waals surface area contributed by atoms with Gasteiger partial charge in [-0.3, -0.25) is 0 Å². The lowest BCUT2D eigenvalue weighted by atomic mass is 10.0. The molecule has 0 heterocycles. The van der Waals surface area contributed by atoms with E-state index in [-0.39, 0.29) is 0 Å². The van der Waals surface area contributed by atoms with Crippen LogP contribution in [0.4, 0.5) is 5.69 Å². The molecule has 1 rings (SSSR count). The van der Waals surface area contributed by atoms with E-state index in [4.69, 9.17) is 12.3 Å². The van der Waals surface area contributed by atoms with Gasteiger partial charge < -0.3 is 5.73 Å². The van der Waals surface area contributed by atoms with E-state index < -0.39 is 0 Å². The number of hydrogen-bond donors (Lipinski definition) is 1. The topological polar surface area (TPSA) is 30.4 Å². The summed E-state index contributed by atoms with van der Waals surface area (Å²) < 4.78 is 0. The Kier molecular flexibility index (Phi) is 2.84. The summed E-state index contributed by atoms with van der Waals surface area (Å²) in [5.74, 6) is 0.379. The lowest BCUT2D eigenvalue weighted by Gasteiger charge is -2.07. The van der Waals surface area contributed by atoms with Gasteiger partial charge in [-0.2, -0.15) is 0 Å². The summed E-state index contributed by atoms with van der Waals surface area (Å²) in [6, 6.07) is 7.58. The quantitative estimate of drug-likeness (QED) is 0.661. The van der Waals surface area contributed by atoms with E-state index in [9.17, 15) is 0 Å². The maximum Gasteiger partial charge on any atom is 0.187 e. The molecule has 62 valence electrons. The molecule has 1 unspecified atom stereocenters. The van der Waals surface area contributed by atoms with Crippen molar-refractivity contribution in [3.63, 3.8) is 0 Å². The Morgan fingerprint density at radius 2 is 2.00 bits per heavy atom. The summed E-state index contributed by atoms with van der Waals surface area (Å²) in [5, 5.41) is 0. The van der Waals surface area contributed by atoms with E-state index in [0.717, 1.165) is 0 Å². The first-order valence-corrected chi connectivity index (χ1v) is 3.95. The van der Waals surface area contributed by atoms with Crippen LogP contribution in [0.2, 0.25) is 0 Å². The van der Waals surface area contributed by atoms with Crippen LogP contribution < -0.4 is 5.73 Å². The number of rotatable bonds is 2. The van der Waals surface area contributed by atoms with Crippen molar-refractivity contribution in [2.45, 2.75) is 12.8 Å². The minimum absolute atomic E-state index is 0.379. The zero-order chi connectivity index (χ0) is 8.97. The first kappa shape index (κ1) is 8.76. The van der Waals surface area contributed by atoms with Gasteiger partial charge in [0, 0.05) is 0 Å². The fourth-order valence-corrected chi connectivity index (χ4v) is 1.01. The third kappa shape index (κ3) is 1.84. The molecule has 0 fully saturated rings. The highest BCUT2D eigenvalue weighted by Gasteiger charge is 2.01. The predicted octanol–water partition coefficient (Wildman–Crippen LogP) is 2.30. The number of nitrogens with zero attached hydrogens (tertiary/aromatic N) is 1. The van der Waals surface area contributed by atoms with E-state index >= 15 is 0 Å². The average Bonchev–Trinajstić information content (AvgIpc) is 2.17. The highest BCUT2D eigenvalue weighted by atomic mass is 14.6. The van der Waals surface area contributed by atoms with Crippen molar-refractivity contribution in [3.8, 4) is 0 Å². The van der Waals surface area contributed by atoms with Gasteiger partial charge in [0.2, 0.25) is 0 Å². The molecule has 0 spiro atoms. The second-order valence-electron chi connectivity index (χ2n) is 2.84. The zero-order valence-electron chi connectivity index (χ0n) is 7.12. The molecule has 0 aliphatic carbocycles. The molecule has 1 aromatic rings. The summed E-state index contributed by atoms with van der Waals surface area (Å²) in [6.07, 6.45) is 0. The van der Waals surface area contributed by atoms with Crippen molar-refractivity contribution in [3.05, 3.63) is 41.2 Å². The smallest absolute Gasteiger partial charge is 0.187 e. The minimum Gasteiger partial charge on any atom is -0.330 e. The van der Waals surface area contributed by atoms with Gasteiger partial charge in [0.15, 0.2) is 5.69 Å². The predicted molar refractivity (Wildman–Crippen MR) is 50.2 cm³/mol. The van der Waals surface area contributed by atoms with Crippen molar-refractivity contribution in [2.75, 3.05) is 6.54 Å². The third-order valence-electron chi connectivity index (χ3n) is 1.94. The van der Waals surface area contributed by atoms with Crippen LogP contribution >= 0.6 is 0 Å². The van der Waals surface area contributed by atoms with Crippen LogP contribution in [0, 0.1) is 6.57 Å². The Morgan fingerprint density at radius 1 is 1.42 bits per heavy atom. The molecular weight excluding hydrogens is 148 g/mol. The molecule has 2 heteroatoms. The van der Waals surface area contributed by atoms with Crippen LogP contribution in [-0.4, -0.2) is 6.54 Å². The van der Waals surface area contributed by atoms with Crippen LogP contribution in [0.5, 0.6) is 0 Å². The Balaban J connectivity index is 2.86. The molecule has 0 aliphatic heterocycles. The molecule has 0 saturated heterocycles. The molecular formula is C10H12N2. The van der Waals surface area contributed by atoms with Crippen LogP contribution in [0.15, 0.2) is 24.3 Å². The SMILES string of the molecule is [C-]#[N+]c1ccc(C(C)CN)cc1. The summed E-state index contributed by atoms with van der Waals surface area (Å²) in [7, 11) is 0. The molecule has 2 N–H and O–H groups in total. The number of hydrogen-bond acceptors (Lipinski definition) is 1. The second-order valence-corrected chi connectivity index (χ2v) is 2.84. The molecule has 0 aromatic heterocycles. The Labute approximate surface area is 72.8 Å². The number of nitrogens with two attached hydrogens (primary N) is 1. The molecule has 0 aliphatic rings. The first-order chi connectivity index (χ1) is 5.77. The standard InChI is InChI=1S/C10H12N2/c1-8(7-11)9-3-5-10(12-2)6-4-9/h3-6,8H,7,11H2,1H3. The fraction of sp³-hybridized carbons (Fsp3) is 0.300. The van der Waals surface area contributed by atoms with Gasteiger partial charge >= 0.3 is 0 Å². The molecule has 1 aromatic carbocycles. The van der Waals surface area contributed by atoms with Crippen molar-refractivity contribution < 1.29 is 0 Å². The fourth-order valence-electron chi connectivity index (χ4n) is 1.01. The van der Waals surface area contributed by atoms with Gasteiger partial charge in [-0.05, 0) is 18.0 Å². The van der Waals surface area contributed by atoms with Crippen LogP contribution in [0.3, 0.4) is 0 Å². The summed E-state index contributed by atoms with van der Waals surface area (Å²) in [6.45, 7) is 9.49. The summed E-state index contributed by atoms with van der Waals surface area (Å²) in [5.41, 5.74) is 7.40. The van der Waals surface area contributed by atoms with Gasteiger partial charge in [-0.1, -0.05) is 31.2 Å². The minimum atomic E-state index is 0.379. The van der Waals surface area contributed by atoms with Gasteiger partial charge in [-0.15, -0.1) is 0 Å². The molecule has 0 bridgehead atoms. The molecule has 0 radical (unpaired) electrons. The molecule has 2 nitrogen and oxygen atoms in total. The van der Waals surface area contributed by atoms with Crippen LogP contribution in [0.1, 0.15) is 18.4 Å². The second kappa shape index (κ2) is 3.89. The van der Waals surface area contributed by atoms with Crippen LogP contribution in [0.25, 0.3) is 4.85 Å². The highest BCUT2D eigenvalue weighted by molar-refractivity contribution is 5.45. The van der Waals surface area contributed by atoms with Gasteiger partial charge in [0.05, 0.1) is 6.57 Å². The van der Waals surface area contributed by atoms with E-state index in [1.807, 2.05) is 24.3 Å². The van der Waals surface area contributed by atoms with Crippen LogP contribution in [-0.2, 0) is 0 Å². The third-order valence-corrected chi connectivity index (χ3v) is 1.94. The first-order valence-electron chi connectivity index (χ1n) is 3.95. The lowest BCUT2D eigenvalue weighted by Crippen LogP contribution is -2.08. The van der Waals surface area contributed by atoms with Crippen molar-refractivity contribution in [1.82, 2.24) is 0 Å². The lowest BCUT2D eigenvalue weighted by molar-refractivity contribution is 0.774. The van der Waals surface area contributed by atoms with Gasteiger partial charge in [0.1, 0.15) is 0 Å². The Bertz CT molecular complexity index is 282. The van der Waals surface area contributed by atoms with Crippen molar-refractivity contribution in [1.29, 1.82) is 0 Å². The highest BCUT2D eigenvalue weighted by Crippen LogP contribution is 2.18. The van der Waals surface area contributed by atoms with Crippen molar-refractivity contribution in [2.24, 2.45) is 5.73 Å². The van der Waals surface area contributed by atoms with E-state index in [1.54, 1.807) is 0 Å². The summed E-state index contributed by atoms with van der Waals surface area (Å²) in [4.78, 5) is 3.32. The van der Waals surface area contributed by atoms with Gasteiger partial charge in [-0.25, -0.2) is 4.85 Å². The maximum absolute atomic E-state index is 6.77. The normalized spacial score (nSPS) is 12.1. The molecule has 0 saturated carbocycles. The average molecular weight is 160 g/mol. The zero-order valence-corrected chi connectivity index (χ0v) is 7.12. The Morgan fingerprint density at radius 3 is 2.42 bits per heavy atom. The monoisotopic (exact) mass is 160 g/mol. The van der Waals surface area contributed by atoms with E-state index in [0.29, 0.717) is 18.2 Å². The molecule has 1 atom stereocenters. The van der Waals surface area contributed by atoms with E-state index in [1.165, 1.54) is 5.56 Å². The van der Waals surface area contributed by atoms with E-state index in [2.05, 4.69) is 11.8 Å². The number of benzene rings is 1. The maximum atomic E-state index is 6.77. The Hall–Kier alpha value is -1.33. The molecule has 12 heavy (non-hydrogen) atoms.